The molecule has 0 saturated carbocycles. The summed E-state index contributed by atoms with van der Waals surface area (Å²) in [5.74, 6) is 4.77. The average Bonchev–Trinajstić information content (AvgIpc) is 1.95. The molecule has 1 aliphatic rings. The minimum Gasteiger partial charge on any atom is -0.332 e. The Morgan fingerprint density at radius 3 is 3.00 bits per heavy atom. The molecular formula is C4H7N5O. The molecule has 0 fully saturated rings. The van der Waals surface area contributed by atoms with E-state index in [9.17, 15) is 4.79 Å². The molecule has 0 spiro atoms. The summed E-state index contributed by atoms with van der Waals surface area (Å²) < 4.78 is 0. The molecule has 0 aromatic heterocycles. The number of carbonyl (C=O) groups is 1. The summed E-state index contributed by atoms with van der Waals surface area (Å²) in [6.45, 7) is 0.368. The lowest BCUT2D eigenvalue weighted by molar-refractivity contribution is 0.243. The molecule has 0 aliphatic carbocycles. The van der Waals surface area contributed by atoms with Crippen LogP contribution < -0.4 is 16.5 Å². The van der Waals surface area contributed by atoms with E-state index in [-0.39, 0.29) is 6.03 Å². The fourth-order valence-corrected chi connectivity index (χ4v) is 0.560. The second kappa shape index (κ2) is 2.81. The Balaban J connectivity index is 2.56. The minimum atomic E-state index is -0.240. The molecule has 1 rings (SSSR count). The van der Waals surface area contributed by atoms with Crippen LogP contribution >= 0.6 is 0 Å². The molecule has 1 aliphatic heterocycles. The first-order valence-electron chi connectivity index (χ1n) is 2.67. The number of hydrogen-bond donors (Lipinski definition) is 3. The van der Waals surface area contributed by atoms with Gasteiger partial charge in [0.15, 0.2) is 0 Å². The van der Waals surface area contributed by atoms with Crippen molar-refractivity contribution in [2.75, 3.05) is 6.54 Å². The van der Waals surface area contributed by atoms with E-state index in [0.717, 1.165) is 0 Å². The van der Waals surface area contributed by atoms with Crippen molar-refractivity contribution in [3.8, 4) is 0 Å². The van der Waals surface area contributed by atoms with Gasteiger partial charge in [0.05, 0.1) is 6.54 Å². The smallest absolute Gasteiger partial charge is 0.319 e. The van der Waals surface area contributed by atoms with Gasteiger partial charge in [0.1, 0.15) is 5.70 Å². The van der Waals surface area contributed by atoms with E-state index in [4.69, 9.17) is 5.84 Å². The van der Waals surface area contributed by atoms with E-state index in [1.54, 1.807) is 0 Å². The molecule has 0 aromatic carbocycles. The average molecular weight is 141 g/mol. The lowest BCUT2D eigenvalue weighted by Gasteiger charge is -2.09. The molecule has 2 amide bonds. The lowest BCUT2D eigenvalue weighted by atomic mass is 10.4. The Kier molecular flexibility index (Phi) is 1.83. The highest BCUT2D eigenvalue weighted by Crippen LogP contribution is 1.95. The molecule has 0 atom stereocenters. The molecular weight excluding hydrogens is 134 g/mol. The van der Waals surface area contributed by atoms with Crippen molar-refractivity contribution in [2.24, 2.45) is 16.2 Å². The van der Waals surface area contributed by atoms with Gasteiger partial charge in [-0.1, -0.05) is 5.22 Å². The van der Waals surface area contributed by atoms with Crippen molar-refractivity contribution in [1.82, 2.24) is 10.6 Å². The first kappa shape index (κ1) is 6.53. The van der Waals surface area contributed by atoms with Crippen molar-refractivity contribution in [3.05, 3.63) is 11.9 Å². The summed E-state index contributed by atoms with van der Waals surface area (Å²) >= 11 is 0. The van der Waals surface area contributed by atoms with Crippen LogP contribution in [-0.2, 0) is 0 Å². The van der Waals surface area contributed by atoms with Gasteiger partial charge in [-0.2, -0.15) is 0 Å². The standard InChI is InChI=1S/C4H7N5O/c5-9-8-3-1-6-4(10)7-2-3/h1H,2H2,(H2,5,8)(H2,6,7,10). The molecule has 54 valence electrons. The third-order valence-corrected chi connectivity index (χ3v) is 0.986. The Labute approximate surface area is 57.2 Å². The Bertz CT molecular complexity index is 196. The fraction of sp³-hybridized carbons (Fsp3) is 0.250. The number of rotatable bonds is 1. The zero-order chi connectivity index (χ0) is 7.40. The molecule has 0 bridgehead atoms. The van der Waals surface area contributed by atoms with Gasteiger partial charge in [-0.25, -0.2) is 4.79 Å². The Morgan fingerprint density at radius 1 is 1.70 bits per heavy atom. The van der Waals surface area contributed by atoms with Crippen LogP contribution in [0.4, 0.5) is 4.79 Å². The van der Waals surface area contributed by atoms with Crippen LogP contribution in [0, 0.1) is 0 Å². The van der Waals surface area contributed by atoms with E-state index < -0.39 is 0 Å². The zero-order valence-corrected chi connectivity index (χ0v) is 5.16. The second-order valence-electron chi connectivity index (χ2n) is 1.68. The van der Waals surface area contributed by atoms with Crippen molar-refractivity contribution < 1.29 is 4.79 Å². The van der Waals surface area contributed by atoms with Gasteiger partial charge in [-0.15, -0.1) is 5.11 Å². The number of carbonyl (C=O) groups excluding carboxylic acids is 1. The number of nitrogens with one attached hydrogen (secondary N) is 2. The molecule has 0 unspecified atom stereocenters. The summed E-state index contributed by atoms with van der Waals surface area (Å²) in [6, 6.07) is -0.240. The van der Waals surface area contributed by atoms with E-state index in [1.807, 2.05) is 0 Å². The lowest BCUT2D eigenvalue weighted by Crippen LogP contribution is -2.37. The largest absolute Gasteiger partial charge is 0.332 e. The van der Waals surface area contributed by atoms with Crippen LogP contribution in [0.5, 0.6) is 0 Å². The molecule has 6 heteroatoms. The van der Waals surface area contributed by atoms with Crippen molar-refractivity contribution in [3.63, 3.8) is 0 Å². The van der Waals surface area contributed by atoms with Gasteiger partial charge in [0, 0.05) is 6.20 Å². The third-order valence-electron chi connectivity index (χ3n) is 0.986. The van der Waals surface area contributed by atoms with Crippen molar-refractivity contribution in [1.29, 1.82) is 0 Å². The maximum absolute atomic E-state index is 10.4. The van der Waals surface area contributed by atoms with Gasteiger partial charge in [0.25, 0.3) is 0 Å². The van der Waals surface area contributed by atoms with Crippen LogP contribution in [0.25, 0.3) is 0 Å². The predicted molar refractivity (Wildman–Crippen MR) is 33.7 cm³/mol. The molecule has 10 heavy (non-hydrogen) atoms. The highest BCUT2D eigenvalue weighted by atomic mass is 16.2. The van der Waals surface area contributed by atoms with Gasteiger partial charge < -0.3 is 16.5 Å². The van der Waals surface area contributed by atoms with E-state index in [1.165, 1.54) is 6.20 Å². The molecule has 0 saturated heterocycles. The Morgan fingerprint density at radius 2 is 2.50 bits per heavy atom. The molecule has 0 radical (unpaired) electrons. The number of amides is 2. The first-order valence-corrected chi connectivity index (χ1v) is 2.67. The number of nitrogens with zero attached hydrogens (tertiary/aromatic N) is 2. The number of nitrogens with two attached hydrogens (primary N) is 1. The maximum Gasteiger partial charge on any atom is 0.319 e. The zero-order valence-electron chi connectivity index (χ0n) is 5.16. The monoisotopic (exact) mass is 141 g/mol. The molecule has 4 N–H and O–H groups in total. The van der Waals surface area contributed by atoms with Crippen molar-refractivity contribution in [2.45, 2.75) is 0 Å². The summed E-state index contributed by atoms with van der Waals surface area (Å²) in [4.78, 5) is 10.4. The van der Waals surface area contributed by atoms with Gasteiger partial charge >= 0.3 is 6.03 Å². The number of hydrogen-bond acceptors (Lipinski definition) is 3. The van der Waals surface area contributed by atoms with Crippen LogP contribution in [0.3, 0.4) is 0 Å². The van der Waals surface area contributed by atoms with Crippen LogP contribution in [0.1, 0.15) is 0 Å². The predicted octanol–water partition coefficient (Wildman–Crippen LogP) is -0.534. The van der Waals surface area contributed by atoms with Gasteiger partial charge in [-0.05, 0) is 0 Å². The van der Waals surface area contributed by atoms with E-state index in [2.05, 4.69) is 21.0 Å². The van der Waals surface area contributed by atoms with Gasteiger partial charge in [-0.3, -0.25) is 0 Å². The summed E-state index contributed by atoms with van der Waals surface area (Å²) in [7, 11) is 0. The van der Waals surface area contributed by atoms with E-state index in [0.29, 0.717) is 12.2 Å². The SMILES string of the molecule is NN=NC1=CNC(=O)NC1. The Hall–Kier alpha value is -1.59. The van der Waals surface area contributed by atoms with Gasteiger partial charge in [0.2, 0.25) is 0 Å². The summed E-state index contributed by atoms with van der Waals surface area (Å²) in [5, 5.41) is 11.4. The summed E-state index contributed by atoms with van der Waals surface area (Å²) in [5.41, 5.74) is 0.599. The minimum absolute atomic E-state index is 0.240. The fourth-order valence-electron chi connectivity index (χ4n) is 0.560. The van der Waals surface area contributed by atoms with Crippen LogP contribution in [-0.4, -0.2) is 12.6 Å². The molecule has 1 heterocycles. The first-order chi connectivity index (χ1) is 4.83. The number of urea groups is 1. The quantitative estimate of drug-likeness (QED) is 0.260. The third kappa shape index (κ3) is 1.44. The van der Waals surface area contributed by atoms with Crippen LogP contribution in [0.2, 0.25) is 0 Å². The van der Waals surface area contributed by atoms with Crippen molar-refractivity contribution >= 4 is 6.03 Å². The van der Waals surface area contributed by atoms with E-state index >= 15 is 0 Å². The normalized spacial score (nSPS) is 18.0. The highest BCUT2D eigenvalue weighted by Gasteiger charge is 2.05. The van der Waals surface area contributed by atoms with Crippen LogP contribution in [0.15, 0.2) is 22.2 Å². The second-order valence-corrected chi connectivity index (χ2v) is 1.68. The summed E-state index contributed by atoms with van der Waals surface area (Å²) in [6.07, 6.45) is 1.45. The molecule has 0 aromatic rings. The molecule has 6 nitrogen and oxygen atoms in total. The maximum atomic E-state index is 10.4. The highest BCUT2D eigenvalue weighted by molar-refractivity contribution is 5.76. The topological polar surface area (TPSA) is 91.9 Å².